The first-order valence-electron chi connectivity index (χ1n) is 11.0. The Morgan fingerprint density at radius 2 is 1.79 bits per heavy atom. The molecule has 0 bridgehead atoms. The van der Waals surface area contributed by atoms with Gasteiger partial charge in [0.2, 0.25) is 11.9 Å². The molecule has 0 aliphatic carbocycles. The summed E-state index contributed by atoms with van der Waals surface area (Å²) in [6.07, 6.45) is 2.29. The molecule has 1 amide bonds. The minimum absolute atomic E-state index is 0.160. The molecular weight excluding hydrogens is 438 g/mol. The van der Waals surface area contributed by atoms with Crippen molar-refractivity contribution >= 4 is 29.3 Å². The molecule has 8 nitrogen and oxygen atoms in total. The number of anilines is 2. The van der Waals surface area contributed by atoms with Gasteiger partial charge in [-0.2, -0.15) is 0 Å². The SMILES string of the molecule is COc1ccc(OC)c(NC(=O)C(C)Sc2nnc(N3CCCC3)n2-c2ccc(C)cc2)c1. The second-order valence-electron chi connectivity index (χ2n) is 7.96. The van der Waals surface area contributed by atoms with Gasteiger partial charge in [-0.1, -0.05) is 29.5 Å². The number of benzene rings is 2. The number of hydrogen-bond acceptors (Lipinski definition) is 7. The van der Waals surface area contributed by atoms with E-state index in [0.717, 1.165) is 37.6 Å². The van der Waals surface area contributed by atoms with Crippen LogP contribution in [-0.4, -0.2) is 53.2 Å². The van der Waals surface area contributed by atoms with E-state index in [2.05, 4.69) is 51.6 Å². The van der Waals surface area contributed by atoms with Gasteiger partial charge in [0, 0.05) is 19.2 Å². The Balaban J connectivity index is 1.58. The zero-order valence-corrected chi connectivity index (χ0v) is 20.2. The lowest BCUT2D eigenvalue weighted by molar-refractivity contribution is -0.115. The summed E-state index contributed by atoms with van der Waals surface area (Å²) in [5, 5.41) is 12.2. The van der Waals surface area contributed by atoms with Crippen LogP contribution in [0.2, 0.25) is 0 Å². The highest BCUT2D eigenvalue weighted by Gasteiger charge is 2.25. The van der Waals surface area contributed by atoms with Crippen LogP contribution in [0.4, 0.5) is 11.6 Å². The zero-order valence-electron chi connectivity index (χ0n) is 19.4. The molecule has 1 unspecified atom stereocenters. The van der Waals surface area contributed by atoms with Crippen LogP contribution in [0, 0.1) is 6.92 Å². The maximum absolute atomic E-state index is 13.0. The Morgan fingerprint density at radius 3 is 2.45 bits per heavy atom. The van der Waals surface area contributed by atoms with Crippen LogP contribution in [0.3, 0.4) is 0 Å². The van der Waals surface area contributed by atoms with Gasteiger partial charge in [-0.25, -0.2) is 0 Å². The van der Waals surface area contributed by atoms with Crippen molar-refractivity contribution in [3.8, 4) is 17.2 Å². The Labute approximate surface area is 198 Å². The lowest BCUT2D eigenvalue weighted by Crippen LogP contribution is -2.24. The molecule has 33 heavy (non-hydrogen) atoms. The molecule has 0 radical (unpaired) electrons. The second-order valence-corrected chi connectivity index (χ2v) is 9.27. The smallest absolute Gasteiger partial charge is 0.237 e. The number of aryl methyl sites for hydroxylation is 1. The van der Waals surface area contributed by atoms with Gasteiger partial charge in [0.1, 0.15) is 11.5 Å². The molecule has 0 saturated carbocycles. The third-order valence-corrected chi connectivity index (χ3v) is 6.66. The fourth-order valence-electron chi connectivity index (χ4n) is 3.74. The fraction of sp³-hybridized carbons (Fsp3) is 0.375. The van der Waals surface area contributed by atoms with E-state index >= 15 is 0 Å². The number of thioether (sulfide) groups is 1. The van der Waals surface area contributed by atoms with E-state index in [-0.39, 0.29) is 5.91 Å². The predicted octanol–water partition coefficient (Wildman–Crippen LogP) is 4.31. The molecule has 1 saturated heterocycles. The zero-order chi connectivity index (χ0) is 23.4. The van der Waals surface area contributed by atoms with Crippen LogP contribution in [0.15, 0.2) is 47.6 Å². The third-order valence-electron chi connectivity index (χ3n) is 5.61. The monoisotopic (exact) mass is 467 g/mol. The maximum atomic E-state index is 13.0. The molecule has 4 rings (SSSR count). The number of carbonyl (C=O) groups excluding carboxylic acids is 1. The Hall–Kier alpha value is -3.20. The molecule has 1 aliphatic heterocycles. The summed E-state index contributed by atoms with van der Waals surface area (Å²) in [6, 6.07) is 13.6. The molecule has 9 heteroatoms. The number of rotatable bonds is 8. The normalized spacial score (nSPS) is 14.2. The van der Waals surface area contributed by atoms with Gasteiger partial charge in [-0.05, 0) is 51.0 Å². The number of hydrogen-bond donors (Lipinski definition) is 1. The summed E-state index contributed by atoms with van der Waals surface area (Å²) in [7, 11) is 3.15. The quantitative estimate of drug-likeness (QED) is 0.494. The van der Waals surface area contributed by atoms with E-state index in [1.807, 2.05) is 11.5 Å². The summed E-state index contributed by atoms with van der Waals surface area (Å²) < 4.78 is 12.7. The van der Waals surface area contributed by atoms with Crippen LogP contribution >= 0.6 is 11.8 Å². The van der Waals surface area contributed by atoms with E-state index in [9.17, 15) is 4.79 Å². The summed E-state index contributed by atoms with van der Waals surface area (Å²) in [5.41, 5.74) is 2.73. The van der Waals surface area contributed by atoms with E-state index in [1.165, 1.54) is 17.3 Å². The van der Waals surface area contributed by atoms with Crippen LogP contribution < -0.4 is 19.7 Å². The number of carbonyl (C=O) groups is 1. The first-order chi connectivity index (χ1) is 16.0. The van der Waals surface area contributed by atoms with Crippen molar-refractivity contribution < 1.29 is 14.3 Å². The predicted molar refractivity (Wildman–Crippen MR) is 131 cm³/mol. The Morgan fingerprint density at radius 1 is 1.06 bits per heavy atom. The summed E-state index contributed by atoms with van der Waals surface area (Å²) >= 11 is 1.38. The molecule has 1 atom stereocenters. The fourth-order valence-corrected chi connectivity index (χ4v) is 4.60. The Kier molecular flexibility index (Phi) is 7.08. The topological polar surface area (TPSA) is 81.5 Å². The highest BCUT2D eigenvalue weighted by Crippen LogP contribution is 2.33. The first-order valence-corrected chi connectivity index (χ1v) is 11.8. The minimum Gasteiger partial charge on any atom is -0.497 e. The summed E-state index contributed by atoms with van der Waals surface area (Å²) in [6.45, 7) is 5.84. The molecule has 2 aromatic carbocycles. The van der Waals surface area contributed by atoms with Crippen molar-refractivity contribution in [1.82, 2.24) is 14.8 Å². The van der Waals surface area contributed by atoms with Crippen molar-refractivity contribution in [3.05, 3.63) is 48.0 Å². The molecule has 2 heterocycles. The van der Waals surface area contributed by atoms with E-state index in [0.29, 0.717) is 22.3 Å². The van der Waals surface area contributed by atoms with Crippen LogP contribution in [0.1, 0.15) is 25.3 Å². The van der Waals surface area contributed by atoms with Gasteiger partial charge in [-0.15, -0.1) is 10.2 Å². The van der Waals surface area contributed by atoms with Crippen molar-refractivity contribution in [3.63, 3.8) is 0 Å². The third kappa shape index (κ3) is 5.08. The largest absolute Gasteiger partial charge is 0.497 e. The van der Waals surface area contributed by atoms with Crippen molar-refractivity contribution in [2.75, 3.05) is 37.5 Å². The molecule has 1 fully saturated rings. The lowest BCUT2D eigenvalue weighted by atomic mass is 10.2. The van der Waals surface area contributed by atoms with Crippen molar-refractivity contribution in [1.29, 1.82) is 0 Å². The van der Waals surface area contributed by atoms with Crippen LogP contribution in [0.25, 0.3) is 5.69 Å². The van der Waals surface area contributed by atoms with Crippen molar-refractivity contribution in [2.24, 2.45) is 0 Å². The van der Waals surface area contributed by atoms with Gasteiger partial charge in [0.25, 0.3) is 0 Å². The Bertz CT molecular complexity index is 1110. The number of aromatic nitrogens is 3. The van der Waals surface area contributed by atoms with Crippen LogP contribution in [0.5, 0.6) is 11.5 Å². The van der Waals surface area contributed by atoms with Gasteiger partial charge < -0.3 is 19.7 Å². The lowest BCUT2D eigenvalue weighted by Gasteiger charge is -2.19. The van der Waals surface area contributed by atoms with Crippen molar-refractivity contribution in [2.45, 2.75) is 37.1 Å². The molecule has 0 spiro atoms. The average molecular weight is 468 g/mol. The van der Waals surface area contributed by atoms with Crippen LogP contribution in [-0.2, 0) is 4.79 Å². The minimum atomic E-state index is -0.416. The first kappa shape index (κ1) is 23.0. The van der Waals surface area contributed by atoms with Gasteiger partial charge >= 0.3 is 0 Å². The number of methoxy groups -OCH3 is 2. The summed E-state index contributed by atoms with van der Waals surface area (Å²) in [4.78, 5) is 15.3. The molecule has 1 aromatic heterocycles. The average Bonchev–Trinajstić information content (AvgIpc) is 3.49. The highest BCUT2D eigenvalue weighted by molar-refractivity contribution is 8.00. The van der Waals surface area contributed by atoms with Gasteiger partial charge in [0.15, 0.2) is 5.16 Å². The molecule has 3 aromatic rings. The molecule has 174 valence electrons. The van der Waals surface area contributed by atoms with E-state index in [4.69, 9.17) is 9.47 Å². The van der Waals surface area contributed by atoms with E-state index < -0.39 is 5.25 Å². The highest BCUT2D eigenvalue weighted by atomic mass is 32.2. The number of nitrogens with zero attached hydrogens (tertiary/aromatic N) is 4. The number of amides is 1. The van der Waals surface area contributed by atoms with Gasteiger partial charge in [0.05, 0.1) is 30.8 Å². The van der Waals surface area contributed by atoms with Gasteiger partial charge in [-0.3, -0.25) is 9.36 Å². The summed E-state index contributed by atoms with van der Waals surface area (Å²) in [5.74, 6) is 1.87. The molecular formula is C24H29N5O3S. The number of ether oxygens (including phenoxy) is 2. The molecule has 1 N–H and O–H groups in total. The molecule has 1 aliphatic rings. The number of nitrogens with one attached hydrogen (secondary N) is 1. The second kappa shape index (κ2) is 10.2. The van der Waals surface area contributed by atoms with E-state index in [1.54, 1.807) is 32.4 Å². The maximum Gasteiger partial charge on any atom is 0.237 e. The standard InChI is InChI=1S/C24H29N5O3S/c1-16-7-9-18(10-8-16)29-23(28-13-5-6-14-28)26-27-24(29)33-17(2)22(30)25-20-15-19(31-3)11-12-21(20)32-4/h7-12,15,17H,5-6,13-14H2,1-4H3,(H,25,30).